The lowest BCUT2D eigenvalue weighted by Gasteiger charge is -2.09. The first-order chi connectivity index (χ1) is 13.4. The number of benzene rings is 2. The van der Waals surface area contributed by atoms with Crippen LogP contribution in [0, 0.1) is 0 Å². The lowest BCUT2D eigenvalue weighted by molar-refractivity contribution is 0.416. The summed E-state index contributed by atoms with van der Waals surface area (Å²) < 4.78 is 29.0. The van der Waals surface area contributed by atoms with Gasteiger partial charge in [-0.05, 0) is 29.8 Å². The van der Waals surface area contributed by atoms with Crippen molar-refractivity contribution in [1.29, 1.82) is 0 Å². The van der Waals surface area contributed by atoms with Gasteiger partial charge in [0.25, 0.3) is 0 Å². The highest BCUT2D eigenvalue weighted by Gasteiger charge is 2.16. The van der Waals surface area contributed by atoms with Gasteiger partial charge in [0.1, 0.15) is 16.3 Å². The summed E-state index contributed by atoms with van der Waals surface area (Å²) in [5.74, 6) is 0.748. The number of H-pyrrole nitrogens is 1. The molecule has 4 rings (SSSR count). The van der Waals surface area contributed by atoms with Gasteiger partial charge in [-0.15, -0.1) is 0 Å². The SMILES string of the molecule is COc1ccccc1-c1c[nH]c2ncc(-c3ccc(N)c(S(N)(=O)=O)c3)cc12. The average Bonchev–Trinajstić information content (AvgIpc) is 3.10. The van der Waals surface area contributed by atoms with E-state index in [-0.39, 0.29) is 10.6 Å². The first kappa shape index (κ1) is 18.0. The van der Waals surface area contributed by atoms with E-state index in [1.807, 2.05) is 36.5 Å². The Morgan fingerprint density at radius 3 is 2.57 bits per heavy atom. The number of hydrogen-bond donors (Lipinski definition) is 3. The Hall–Kier alpha value is -3.36. The molecule has 2 aromatic heterocycles. The number of anilines is 1. The van der Waals surface area contributed by atoms with Gasteiger partial charge in [0.2, 0.25) is 10.0 Å². The van der Waals surface area contributed by atoms with E-state index in [0.29, 0.717) is 11.2 Å². The molecule has 8 heteroatoms. The molecule has 0 amide bonds. The van der Waals surface area contributed by atoms with Crippen LogP contribution >= 0.6 is 0 Å². The van der Waals surface area contributed by atoms with E-state index in [4.69, 9.17) is 15.6 Å². The van der Waals surface area contributed by atoms with E-state index >= 15 is 0 Å². The Labute approximate surface area is 162 Å². The van der Waals surface area contributed by atoms with Gasteiger partial charge < -0.3 is 15.5 Å². The van der Waals surface area contributed by atoms with Gasteiger partial charge in [0.15, 0.2) is 0 Å². The van der Waals surface area contributed by atoms with Crippen LogP contribution in [0.1, 0.15) is 0 Å². The Bertz CT molecular complexity index is 1300. The number of fused-ring (bicyclic) bond motifs is 1. The van der Waals surface area contributed by atoms with Crippen molar-refractivity contribution < 1.29 is 13.2 Å². The third kappa shape index (κ3) is 3.08. The molecule has 0 atom stereocenters. The van der Waals surface area contributed by atoms with Crippen LogP contribution in [0.15, 0.2) is 65.8 Å². The highest BCUT2D eigenvalue weighted by Crippen LogP contribution is 2.36. The molecule has 28 heavy (non-hydrogen) atoms. The van der Waals surface area contributed by atoms with Crippen LogP contribution in [0.2, 0.25) is 0 Å². The molecule has 0 unspecified atom stereocenters. The number of nitrogens with one attached hydrogen (secondary N) is 1. The normalized spacial score (nSPS) is 11.6. The smallest absolute Gasteiger partial charge is 0.240 e. The predicted octanol–water partition coefficient (Wildman–Crippen LogP) is 3.14. The Balaban J connectivity index is 1.90. The number of aromatic nitrogens is 2. The summed E-state index contributed by atoms with van der Waals surface area (Å²) in [6.45, 7) is 0. The topological polar surface area (TPSA) is 124 Å². The van der Waals surface area contributed by atoms with Crippen molar-refractivity contribution in [2.45, 2.75) is 4.90 Å². The maximum atomic E-state index is 11.8. The van der Waals surface area contributed by atoms with Crippen molar-refractivity contribution in [3.8, 4) is 28.0 Å². The number of ether oxygens (including phenoxy) is 1. The van der Waals surface area contributed by atoms with Crippen LogP contribution < -0.4 is 15.6 Å². The number of rotatable bonds is 4. The van der Waals surface area contributed by atoms with E-state index in [1.54, 1.807) is 19.4 Å². The number of primary sulfonamides is 1. The van der Waals surface area contributed by atoms with Crippen LogP contribution in [0.5, 0.6) is 5.75 Å². The van der Waals surface area contributed by atoms with Crippen LogP contribution in [0.4, 0.5) is 5.69 Å². The summed E-state index contributed by atoms with van der Waals surface area (Å²) >= 11 is 0. The highest BCUT2D eigenvalue weighted by atomic mass is 32.2. The largest absolute Gasteiger partial charge is 0.496 e. The zero-order valence-electron chi connectivity index (χ0n) is 15.0. The molecule has 0 spiro atoms. The molecular formula is C20H18N4O3S. The van der Waals surface area contributed by atoms with Gasteiger partial charge in [-0.2, -0.15) is 0 Å². The fraction of sp³-hybridized carbons (Fsp3) is 0.0500. The maximum absolute atomic E-state index is 11.8. The second-order valence-electron chi connectivity index (χ2n) is 6.32. The average molecular weight is 394 g/mol. The molecule has 0 aliphatic carbocycles. The standard InChI is InChI=1S/C20H18N4O3S/c1-27-18-5-3-2-4-14(18)16-11-24-20-15(16)8-13(10-23-20)12-6-7-17(21)19(9-12)28(22,25)26/h2-11H,21H2,1H3,(H,23,24)(H2,22,25,26). The number of nitrogens with two attached hydrogens (primary N) is 2. The van der Waals surface area contributed by atoms with E-state index in [9.17, 15) is 8.42 Å². The fourth-order valence-electron chi connectivity index (χ4n) is 3.21. The maximum Gasteiger partial charge on any atom is 0.240 e. The Kier molecular flexibility index (Phi) is 4.29. The van der Waals surface area contributed by atoms with Gasteiger partial charge in [0, 0.05) is 34.5 Å². The highest BCUT2D eigenvalue weighted by molar-refractivity contribution is 7.89. The molecule has 142 valence electrons. The number of methoxy groups -OCH3 is 1. The summed E-state index contributed by atoms with van der Waals surface area (Å²) in [4.78, 5) is 7.52. The van der Waals surface area contributed by atoms with Gasteiger partial charge in [-0.3, -0.25) is 0 Å². The zero-order valence-corrected chi connectivity index (χ0v) is 15.8. The molecule has 0 fully saturated rings. The third-order valence-electron chi connectivity index (χ3n) is 4.58. The summed E-state index contributed by atoms with van der Waals surface area (Å²) in [6, 6.07) is 14.4. The van der Waals surface area contributed by atoms with Crippen molar-refractivity contribution in [2.75, 3.05) is 12.8 Å². The number of para-hydroxylation sites is 1. The van der Waals surface area contributed by atoms with E-state index < -0.39 is 10.0 Å². The molecule has 4 aromatic rings. The molecule has 0 aliphatic rings. The first-order valence-electron chi connectivity index (χ1n) is 8.41. The quantitative estimate of drug-likeness (QED) is 0.459. The molecule has 0 radical (unpaired) electrons. The number of nitrogens with zero attached hydrogens (tertiary/aromatic N) is 1. The first-order valence-corrected chi connectivity index (χ1v) is 9.96. The van der Waals surface area contributed by atoms with Gasteiger partial charge in [0.05, 0.1) is 12.8 Å². The van der Waals surface area contributed by atoms with Crippen LogP contribution in [0.3, 0.4) is 0 Å². The van der Waals surface area contributed by atoms with Crippen molar-refractivity contribution in [1.82, 2.24) is 9.97 Å². The zero-order chi connectivity index (χ0) is 19.9. The summed E-state index contributed by atoms with van der Waals surface area (Å²) in [7, 11) is -2.30. The molecule has 0 bridgehead atoms. The lowest BCUT2D eigenvalue weighted by Crippen LogP contribution is -2.14. The second kappa shape index (κ2) is 6.66. The molecule has 2 heterocycles. The Morgan fingerprint density at radius 1 is 1.04 bits per heavy atom. The minimum atomic E-state index is -3.92. The van der Waals surface area contributed by atoms with Crippen LogP contribution in [-0.4, -0.2) is 25.5 Å². The number of pyridine rings is 1. The minimum absolute atomic E-state index is 0.107. The van der Waals surface area contributed by atoms with Crippen LogP contribution in [0.25, 0.3) is 33.3 Å². The summed E-state index contributed by atoms with van der Waals surface area (Å²) in [5, 5.41) is 6.15. The van der Waals surface area contributed by atoms with Crippen LogP contribution in [-0.2, 0) is 10.0 Å². The minimum Gasteiger partial charge on any atom is -0.496 e. The number of nitrogen functional groups attached to an aromatic ring is 1. The molecular weight excluding hydrogens is 376 g/mol. The number of hydrogen-bond acceptors (Lipinski definition) is 5. The van der Waals surface area contributed by atoms with E-state index in [2.05, 4.69) is 9.97 Å². The van der Waals surface area contributed by atoms with E-state index in [0.717, 1.165) is 27.8 Å². The van der Waals surface area contributed by atoms with Crippen molar-refractivity contribution in [2.24, 2.45) is 5.14 Å². The lowest BCUT2D eigenvalue weighted by atomic mass is 10.0. The summed E-state index contributed by atoms with van der Waals surface area (Å²) in [5.41, 5.74) is 9.85. The molecule has 7 nitrogen and oxygen atoms in total. The van der Waals surface area contributed by atoms with Crippen molar-refractivity contribution in [3.05, 3.63) is 60.9 Å². The number of sulfonamides is 1. The number of aromatic amines is 1. The van der Waals surface area contributed by atoms with Crippen molar-refractivity contribution in [3.63, 3.8) is 0 Å². The molecule has 0 saturated heterocycles. The monoisotopic (exact) mass is 394 g/mol. The molecule has 5 N–H and O–H groups in total. The Morgan fingerprint density at radius 2 is 1.82 bits per heavy atom. The van der Waals surface area contributed by atoms with Gasteiger partial charge in [-0.25, -0.2) is 18.5 Å². The predicted molar refractivity (Wildman–Crippen MR) is 109 cm³/mol. The second-order valence-corrected chi connectivity index (χ2v) is 7.85. The third-order valence-corrected chi connectivity index (χ3v) is 5.55. The summed E-state index contributed by atoms with van der Waals surface area (Å²) in [6.07, 6.45) is 3.54. The van der Waals surface area contributed by atoms with Crippen molar-refractivity contribution >= 4 is 26.7 Å². The molecule has 0 saturated carbocycles. The van der Waals surface area contributed by atoms with Gasteiger partial charge >= 0.3 is 0 Å². The fourth-order valence-corrected chi connectivity index (χ4v) is 3.90. The molecule has 0 aliphatic heterocycles. The van der Waals surface area contributed by atoms with Gasteiger partial charge in [-0.1, -0.05) is 24.3 Å². The van der Waals surface area contributed by atoms with E-state index in [1.165, 1.54) is 12.1 Å². The molecule has 2 aromatic carbocycles.